The Morgan fingerprint density at radius 2 is 2.09 bits per heavy atom. The van der Waals surface area contributed by atoms with Crippen molar-refractivity contribution in [2.75, 3.05) is 27.3 Å². The summed E-state index contributed by atoms with van der Waals surface area (Å²) in [7, 11) is 3.20. The summed E-state index contributed by atoms with van der Waals surface area (Å²) in [6.07, 6.45) is 2.52. The minimum atomic E-state index is 0.136. The number of carbonyl (C=O) groups is 1. The molecule has 2 N–H and O–H groups in total. The van der Waals surface area contributed by atoms with E-state index in [1.165, 1.54) is 0 Å². The molecule has 1 fully saturated rings. The number of benzene rings is 1. The van der Waals surface area contributed by atoms with Crippen LogP contribution in [0, 0.1) is 5.92 Å². The van der Waals surface area contributed by atoms with Crippen molar-refractivity contribution in [2.24, 2.45) is 11.7 Å². The zero-order valence-electron chi connectivity index (χ0n) is 13.7. The molecule has 1 heterocycles. The number of methoxy groups -OCH3 is 2. The predicted molar refractivity (Wildman–Crippen MR) is 86.2 cm³/mol. The third-order valence-corrected chi connectivity index (χ3v) is 4.36. The van der Waals surface area contributed by atoms with Gasteiger partial charge in [-0.1, -0.05) is 6.07 Å². The fourth-order valence-electron chi connectivity index (χ4n) is 2.94. The number of carbonyl (C=O) groups excluding carboxylic acids is 1. The summed E-state index contributed by atoms with van der Waals surface area (Å²) in [5, 5.41) is 0. The van der Waals surface area contributed by atoms with Crippen molar-refractivity contribution in [1.82, 2.24) is 4.90 Å². The molecule has 0 radical (unpaired) electrons. The Balaban J connectivity index is 2.02. The smallest absolute Gasteiger partial charge is 0.227 e. The molecule has 0 spiro atoms. The van der Waals surface area contributed by atoms with Crippen molar-refractivity contribution in [2.45, 2.75) is 32.2 Å². The largest absolute Gasteiger partial charge is 0.493 e. The molecule has 0 aliphatic carbocycles. The van der Waals surface area contributed by atoms with Crippen LogP contribution in [0.5, 0.6) is 11.5 Å². The van der Waals surface area contributed by atoms with Crippen molar-refractivity contribution in [3.8, 4) is 11.5 Å². The van der Waals surface area contributed by atoms with Gasteiger partial charge in [0.2, 0.25) is 5.91 Å². The quantitative estimate of drug-likeness (QED) is 0.901. The first-order valence-electron chi connectivity index (χ1n) is 7.79. The third-order valence-electron chi connectivity index (χ3n) is 4.36. The van der Waals surface area contributed by atoms with Gasteiger partial charge in [0.15, 0.2) is 11.5 Å². The van der Waals surface area contributed by atoms with Gasteiger partial charge in [-0.2, -0.15) is 0 Å². The number of rotatable bonds is 5. The minimum absolute atomic E-state index is 0.136. The summed E-state index contributed by atoms with van der Waals surface area (Å²) < 4.78 is 10.5. The lowest BCUT2D eigenvalue weighted by Crippen LogP contribution is -2.45. The number of piperidine rings is 1. The molecule has 22 heavy (non-hydrogen) atoms. The maximum Gasteiger partial charge on any atom is 0.227 e. The molecule has 1 aliphatic heterocycles. The number of nitrogens with two attached hydrogens (primary N) is 1. The lowest BCUT2D eigenvalue weighted by atomic mass is 9.92. The molecular weight excluding hydrogens is 280 g/mol. The molecule has 122 valence electrons. The Kier molecular flexibility index (Phi) is 5.66. The van der Waals surface area contributed by atoms with Gasteiger partial charge in [0.1, 0.15) is 0 Å². The summed E-state index contributed by atoms with van der Waals surface area (Å²) in [6.45, 7) is 3.62. The number of hydrogen-bond acceptors (Lipinski definition) is 4. The average molecular weight is 306 g/mol. The maximum atomic E-state index is 12.5. The molecule has 5 heteroatoms. The summed E-state index contributed by atoms with van der Waals surface area (Å²) in [4.78, 5) is 14.4. The van der Waals surface area contributed by atoms with Crippen LogP contribution in [0.15, 0.2) is 18.2 Å². The van der Waals surface area contributed by atoms with E-state index in [4.69, 9.17) is 15.2 Å². The molecule has 1 aromatic carbocycles. The fraction of sp³-hybridized carbons (Fsp3) is 0.588. The van der Waals surface area contributed by atoms with Gasteiger partial charge in [0, 0.05) is 19.1 Å². The fourth-order valence-corrected chi connectivity index (χ4v) is 2.94. The van der Waals surface area contributed by atoms with Gasteiger partial charge >= 0.3 is 0 Å². The van der Waals surface area contributed by atoms with Gasteiger partial charge in [0.25, 0.3) is 0 Å². The van der Waals surface area contributed by atoms with Crippen LogP contribution in [0.1, 0.15) is 25.3 Å². The van der Waals surface area contributed by atoms with Crippen LogP contribution in [0.4, 0.5) is 0 Å². The second-order valence-corrected chi connectivity index (χ2v) is 5.97. The molecule has 0 saturated carbocycles. The van der Waals surface area contributed by atoms with Crippen LogP contribution in [-0.4, -0.2) is 44.2 Å². The molecule has 0 aromatic heterocycles. The van der Waals surface area contributed by atoms with Gasteiger partial charge < -0.3 is 20.1 Å². The molecule has 0 bridgehead atoms. The van der Waals surface area contributed by atoms with Crippen LogP contribution in [-0.2, 0) is 11.2 Å². The second kappa shape index (κ2) is 7.49. The van der Waals surface area contributed by atoms with Gasteiger partial charge in [-0.25, -0.2) is 0 Å². The molecule has 1 amide bonds. The van der Waals surface area contributed by atoms with Crippen molar-refractivity contribution in [3.05, 3.63) is 23.8 Å². The average Bonchev–Trinajstić information content (AvgIpc) is 2.54. The van der Waals surface area contributed by atoms with Gasteiger partial charge in [-0.15, -0.1) is 0 Å². The second-order valence-electron chi connectivity index (χ2n) is 5.97. The molecule has 2 unspecified atom stereocenters. The maximum absolute atomic E-state index is 12.5. The van der Waals surface area contributed by atoms with Crippen molar-refractivity contribution in [3.63, 3.8) is 0 Å². The first kappa shape index (κ1) is 16.6. The summed E-state index contributed by atoms with van der Waals surface area (Å²) >= 11 is 0. The first-order chi connectivity index (χ1) is 10.5. The predicted octanol–water partition coefficient (Wildman–Crippen LogP) is 1.83. The van der Waals surface area contributed by atoms with Gasteiger partial charge in [-0.05, 0) is 43.4 Å². The monoisotopic (exact) mass is 306 g/mol. The lowest BCUT2D eigenvalue weighted by molar-refractivity contribution is -0.132. The highest BCUT2D eigenvalue weighted by Gasteiger charge is 2.25. The number of nitrogens with zero attached hydrogens (tertiary/aromatic N) is 1. The van der Waals surface area contributed by atoms with Crippen LogP contribution < -0.4 is 15.2 Å². The topological polar surface area (TPSA) is 64.8 Å². The summed E-state index contributed by atoms with van der Waals surface area (Å²) in [5.41, 5.74) is 6.92. The molecule has 1 aliphatic rings. The van der Waals surface area contributed by atoms with E-state index in [1.807, 2.05) is 30.0 Å². The van der Waals surface area contributed by atoms with Crippen molar-refractivity contribution >= 4 is 5.91 Å². The number of likely N-dealkylation sites (tertiary alicyclic amines) is 1. The van der Waals surface area contributed by atoms with E-state index in [-0.39, 0.29) is 11.9 Å². The van der Waals surface area contributed by atoms with Crippen LogP contribution in [0.3, 0.4) is 0 Å². The Morgan fingerprint density at radius 3 is 2.73 bits per heavy atom. The molecule has 1 saturated heterocycles. The third kappa shape index (κ3) is 3.91. The number of amides is 1. The zero-order chi connectivity index (χ0) is 16.1. The Bertz CT molecular complexity index is 517. The van der Waals surface area contributed by atoms with E-state index in [1.54, 1.807) is 14.2 Å². The number of hydrogen-bond donors (Lipinski definition) is 1. The highest BCUT2D eigenvalue weighted by Crippen LogP contribution is 2.28. The molecule has 5 nitrogen and oxygen atoms in total. The van der Waals surface area contributed by atoms with E-state index in [2.05, 4.69) is 0 Å². The van der Waals surface area contributed by atoms with Gasteiger partial charge in [0.05, 0.1) is 20.6 Å². The Morgan fingerprint density at radius 1 is 1.36 bits per heavy atom. The normalized spacial score (nSPS) is 19.6. The Labute approximate surface area is 132 Å². The van der Waals surface area contributed by atoms with E-state index in [0.29, 0.717) is 23.8 Å². The zero-order valence-corrected chi connectivity index (χ0v) is 13.7. The minimum Gasteiger partial charge on any atom is -0.493 e. The standard InChI is InChI=1S/C17H26N2O3/c1-12(18)14-5-4-8-19(11-14)17(20)10-13-6-7-15(21-2)16(9-13)22-3/h6-7,9,12,14H,4-5,8,10-11,18H2,1-3H3. The van der Waals surface area contributed by atoms with E-state index < -0.39 is 0 Å². The van der Waals surface area contributed by atoms with E-state index >= 15 is 0 Å². The van der Waals surface area contributed by atoms with Crippen molar-refractivity contribution < 1.29 is 14.3 Å². The molecule has 1 aromatic rings. The van der Waals surface area contributed by atoms with Crippen LogP contribution in [0.2, 0.25) is 0 Å². The summed E-state index contributed by atoms with van der Waals surface area (Å²) in [5.74, 6) is 1.88. The SMILES string of the molecule is COc1ccc(CC(=O)N2CCCC(C(C)N)C2)cc1OC. The lowest BCUT2D eigenvalue weighted by Gasteiger charge is -2.34. The summed E-state index contributed by atoms with van der Waals surface area (Å²) in [6, 6.07) is 5.75. The van der Waals surface area contributed by atoms with Crippen LogP contribution in [0.25, 0.3) is 0 Å². The molecule has 2 atom stereocenters. The molecular formula is C17H26N2O3. The highest BCUT2D eigenvalue weighted by molar-refractivity contribution is 5.79. The van der Waals surface area contributed by atoms with Gasteiger partial charge in [-0.3, -0.25) is 4.79 Å². The molecule has 2 rings (SSSR count). The Hall–Kier alpha value is -1.75. The first-order valence-corrected chi connectivity index (χ1v) is 7.79. The van der Waals surface area contributed by atoms with Crippen molar-refractivity contribution in [1.29, 1.82) is 0 Å². The van der Waals surface area contributed by atoms with E-state index in [9.17, 15) is 4.79 Å². The van der Waals surface area contributed by atoms with Crippen LogP contribution >= 0.6 is 0 Å². The van der Waals surface area contributed by atoms with E-state index in [0.717, 1.165) is 31.5 Å². The highest BCUT2D eigenvalue weighted by atomic mass is 16.5. The number of ether oxygens (including phenoxy) is 2.